The topological polar surface area (TPSA) is 45.7 Å². The summed E-state index contributed by atoms with van der Waals surface area (Å²) in [5.41, 5.74) is 0.996. The van der Waals surface area contributed by atoms with Crippen molar-refractivity contribution >= 4 is 50.0 Å². The molecule has 5 nitrogen and oxygen atoms in total. The molecule has 1 fully saturated rings. The fourth-order valence-electron chi connectivity index (χ4n) is 3.05. The molecule has 0 saturated carbocycles. The molecular formula is C20H21N3O2S2. The standard InChI is InChI=1S/C20H21N3O2S2/c1-2-25-15-5-7-17-18(14-15)27-20(21-17)23-11-9-22(10-12-23)19(24)8-6-16-4-3-13-26-16/h3-8,13-14H,2,9-12H2,1H3/b8-6+. The maximum atomic E-state index is 12.4. The number of fused-ring (bicyclic) bond motifs is 1. The molecule has 27 heavy (non-hydrogen) atoms. The van der Waals surface area contributed by atoms with Crippen LogP contribution in [0.3, 0.4) is 0 Å². The summed E-state index contributed by atoms with van der Waals surface area (Å²) in [5, 5.41) is 3.03. The summed E-state index contributed by atoms with van der Waals surface area (Å²) in [6, 6.07) is 10.0. The number of amides is 1. The Kier molecular flexibility index (Phi) is 5.40. The fourth-order valence-corrected chi connectivity index (χ4v) is 4.71. The SMILES string of the molecule is CCOc1ccc2nc(N3CCN(C(=O)/C=C/c4cccs4)CC3)sc2c1. The van der Waals surface area contributed by atoms with E-state index in [4.69, 9.17) is 9.72 Å². The summed E-state index contributed by atoms with van der Waals surface area (Å²) >= 11 is 3.31. The Morgan fingerprint density at radius 3 is 2.85 bits per heavy atom. The van der Waals surface area contributed by atoms with Gasteiger partial charge in [-0.2, -0.15) is 0 Å². The molecular weight excluding hydrogens is 378 g/mol. The predicted octanol–water partition coefficient (Wildman–Crippen LogP) is 4.12. The zero-order valence-corrected chi connectivity index (χ0v) is 16.8. The van der Waals surface area contributed by atoms with Crippen LogP contribution in [0.1, 0.15) is 11.8 Å². The molecule has 1 amide bonds. The minimum absolute atomic E-state index is 0.0775. The maximum absolute atomic E-state index is 12.4. The highest BCUT2D eigenvalue weighted by Crippen LogP contribution is 2.32. The second kappa shape index (κ2) is 8.10. The molecule has 1 aromatic carbocycles. The normalized spacial score (nSPS) is 15.0. The van der Waals surface area contributed by atoms with Crippen LogP contribution in [0, 0.1) is 0 Å². The van der Waals surface area contributed by atoms with Crippen molar-refractivity contribution < 1.29 is 9.53 Å². The third kappa shape index (κ3) is 4.14. The highest BCUT2D eigenvalue weighted by molar-refractivity contribution is 7.22. The lowest BCUT2D eigenvalue weighted by Crippen LogP contribution is -2.48. The van der Waals surface area contributed by atoms with E-state index in [2.05, 4.69) is 11.0 Å². The molecule has 4 rings (SSSR count). The number of anilines is 1. The van der Waals surface area contributed by atoms with Gasteiger partial charge in [-0.05, 0) is 42.6 Å². The number of thiophene rings is 1. The molecule has 2 aromatic heterocycles. The highest BCUT2D eigenvalue weighted by atomic mass is 32.1. The lowest BCUT2D eigenvalue weighted by Gasteiger charge is -2.34. The minimum Gasteiger partial charge on any atom is -0.494 e. The molecule has 1 aliphatic heterocycles. The number of hydrogen-bond donors (Lipinski definition) is 0. The van der Waals surface area contributed by atoms with Crippen molar-refractivity contribution in [3.8, 4) is 5.75 Å². The number of carbonyl (C=O) groups excluding carboxylic acids is 1. The van der Waals surface area contributed by atoms with E-state index < -0.39 is 0 Å². The summed E-state index contributed by atoms with van der Waals surface area (Å²) in [4.78, 5) is 22.4. The fraction of sp³-hybridized carbons (Fsp3) is 0.300. The Hall–Kier alpha value is -2.38. The van der Waals surface area contributed by atoms with Crippen molar-refractivity contribution in [2.75, 3.05) is 37.7 Å². The average molecular weight is 400 g/mol. The van der Waals surface area contributed by atoms with E-state index in [9.17, 15) is 4.79 Å². The molecule has 140 valence electrons. The first kappa shape index (κ1) is 18.0. The average Bonchev–Trinajstić information content (AvgIpc) is 3.36. The van der Waals surface area contributed by atoms with Gasteiger partial charge in [-0.1, -0.05) is 17.4 Å². The van der Waals surface area contributed by atoms with Crippen LogP contribution in [0.25, 0.3) is 16.3 Å². The van der Waals surface area contributed by atoms with Gasteiger partial charge >= 0.3 is 0 Å². The van der Waals surface area contributed by atoms with Gasteiger partial charge < -0.3 is 14.5 Å². The van der Waals surface area contributed by atoms with Crippen LogP contribution in [0.15, 0.2) is 41.8 Å². The molecule has 0 bridgehead atoms. The number of ether oxygens (including phenoxy) is 1. The molecule has 0 N–H and O–H groups in total. The van der Waals surface area contributed by atoms with Crippen molar-refractivity contribution in [1.29, 1.82) is 0 Å². The van der Waals surface area contributed by atoms with Crippen LogP contribution in [0.4, 0.5) is 5.13 Å². The van der Waals surface area contributed by atoms with Crippen LogP contribution in [0.2, 0.25) is 0 Å². The number of carbonyl (C=O) groups is 1. The first-order chi connectivity index (χ1) is 13.2. The molecule has 7 heteroatoms. The van der Waals surface area contributed by atoms with Crippen molar-refractivity contribution in [3.05, 3.63) is 46.7 Å². The van der Waals surface area contributed by atoms with Crippen molar-refractivity contribution in [1.82, 2.24) is 9.88 Å². The minimum atomic E-state index is 0.0775. The van der Waals surface area contributed by atoms with Crippen molar-refractivity contribution in [2.45, 2.75) is 6.92 Å². The van der Waals surface area contributed by atoms with E-state index in [1.165, 1.54) is 0 Å². The number of hydrogen-bond acceptors (Lipinski definition) is 6. The van der Waals surface area contributed by atoms with E-state index in [1.807, 2.05) is 47.5 Å². The van der Waals surface area contributed by atoms with Gasteiger partial charge in [0.05, 0.1) is 16.8 Å². The number of nitrogens with zero attached hydrogens (tertiary/aromatic N) is 3. The second-order valence-electron chi connectivity index (χ2n) is 6.22. The van der Waals surface area contributed by atoms with Gasteiger partial charge in [0.1, 0.15) is 5.75 Å². The van der Waals surface area contributed by atoms with E-state index in [-0.39, 0.29) is 5.91 Å². The Bertz CT molecular complexity index is 941. The lowest BCUT2D eigenvalue weighted by atomic mass is 10.3. The Labute approximate surface area is 166 Å². The summed E-state index contributed by atoms with van der Waals surface area (Å²) in [5.74, 6) is 0.960. The molecule has 0 spiro atoms. The first-order valence-corrected chi connectivity index (χ1v) is 10.7. The Morgan fingerprint density at radius 1 is 1.26 bits per heavy atom. The van der Waals surface area contributed by atoms with Crippen molar-refractivity contribution in [3.63, 3.8) is 0 Å². The van der Waals surface area contributed by atoms with Gasteiger partial charge in [-0.25, -0.2) is 4.98 Å². The smallest absolute Gasteiger partial charge is 0.246 e. The monoisotopic (exact) mass is 399 g/mol. The van der Waals surface area contributed by atoms with Crippen LogP contribution in [-0.4, -0.2) is 48.6 Å². The molecule has 0 atom stereocenters. The van der Waals surface area contributed by atoms with Crippen LogP contribution in [0.5, 0.6) is 5.75 Å². The van der Waals surface area contributed by atoms with E-state index in [0.717, 1.165) is 39.1 Å². The first-order valence-electron chi connectivity index (χ1n) is 9.02. The van der Waals surface area contributed by atoms with E-state index in [1.54, 1.807) is 28.7 Å². The zero-order chi connectivity index (χ0) is 18.6. The molecule has 1 saturated heterocycles. The third-order valence-corrected chi connectivity index (χ3v) is 6.37. The van der Waals surface area contributed by atoms with Gasteiger partial charge in [0.25, 0.3) is 0 Å². The van der Waals surface area contributed by atoms with Gasteiger partial charge in [-0.3, -0.25) is 4.79 Å². The van der Waals surface area contributed by atoms with Crippen LogP contribution >= 0.6 is 22.7 Å². The summed E-state index contributed by atoms with van der Waals surface area (Å²) in [6.45, 7) is 5.68. The van der Waals surface area contributed by atoms with Crippen LogP contribution < -0.4 is 9.64 Å². The number of benzene rings is 1. The highest BCUT2D eigenvalue weighted by Gasteiger charge is 2.22. The molecule has 0 unspecified atom stereocenters. The number of thiazole rings is 1. The summed E-state index contributed by atoms with van der Waals surface area (Å²) in [6.07, 6.45) is 3.57. The van der Waals surface area contributed by atoms with Gasteiger partial charge in [0.2, 0.25) is 5.91 Å². The summed E-state index contributed by atoms with van der Waals surface area (Å²) < 4.78 is 6.71. The van der Waals surface area contributed by atoms with Gasteiger partial charge in [0, 0.05) is 37.1 Å². The van der Waals surface area contributed by atoms with Gasteiger partial charge in [0.15, 0.2) is 5.13 Å². The van der Waals surface area contributed by atoms with Gasteiger partial charge in [-0.15, -0.1) is 11.3 Å². The lowest BCUT2D eigenvalue weighted by molar-refractivity contribution is -0.126. The zero-order valence-electron chi connectivity index (χ0n) is 15.1. The number of aromatic nitrogens is 1. The maximum Gasteiger partial charge on any atom is 0.246 e. The van der Waals surface area contributed by atoms with Crippen LogP contribution in [-0.2, 0) is 4.79 Å². The Balaban J connectivity index is 1.38. The summed E-state index contributed by atoms with van der Waals surface area (Å²) in [7, 11) is 0. The second-order valence-corrected chi connectivity index (χ2v) is 8.21. The molecule has 0 radical (unpaired) electrons. The molecule has 3 aromatic rings. The molecule has 1 aliphatic rings. The third-order valence-electron chi connectivity index (χ3n) is 4.45. The number of rotatable bonds is 5. The van der Waals surface area contributed by atoms with E-state index >= 15 is 0 Å². The molecule has 3 heterocycles. The van der Waals surface area contributed by atoms with Crippen molar-refractivity contribution in [2.24, 2.45) is 0 Å². The number of piperazine rings is 1. The predicted molar refractivity (Wildman–Crippen MR) is 113 cm³/mol. The molecule has 0 aliphatic carbocycles. The van der Waals surface area contributed by atoms with E-state index in [0.29, 0.717) is 19.7 Å². The quantitative estimate of drug-likeness (QED) is 0.606. The Morgan fingerprint density at radius 2 is 2.11 bits per heavy atom. The largest absolute Gasteiger partial charge is 0.494 e.